The van der Waals surface area contributed by atoms with Gasteiger partial charge in [-0.3, -0.25) is 0 Å². The Morgan fingerprint density at radius 2 is 1.85 bits per heavy atom. The molecule has 8 N–H and O–H groups in total. The van der Waals surface area contributed by atoms with Crippen LogP contribution in [-0.2, 0) is 6.42 Å². The summed E-state index contributed by atoms with van der Waals surface area (Å²) in [7, 11) is 0. The predicted octanol–water partition coefficient (Wildman–Crippen LogP) is 3.42. The first-order valence-corrected chi connectivity index (χ1v) is 17.0. The van der Waals surface area contributed by atoms with Gasteiger partial charge in [-0.15, -0.1) is 0 Å². The van der Waals surface area contributed by atoms with Gasteiger partial charge in [-0.2, -0.15) is 11.9 Å². The van der Waals surface area contributed by atoms with E-state index in [4.69, 9.17) is 10.5 Å². The number of phenols is 1. The van der Waals surface area contributed by atoms with Crippen LogP contribution in [0.4, 0.5) is 5.82 Å². The molecule has 9 unspecified atom stereocenters. The summed E-state index contributed by atoms with van der Waals surface area (Å²) >= 11 is 0. The number of allylic oxidation sites excluding steroid dienone is 2. The Labute approximate surface area is 282 Å². The molecule has 1 aromatic carbocycles. The van der Waals surface area contributed by atoms with Gasteiger partial charge in [0.2, 0.25) is 0 Å². The number of rotatable bonds is 12. The largest absolute Gasteiger partial charge is 0.668 e. The summed E-state index contributed by atoms with van der Waals surface area (Å²) in [6, 6.07) is 12.4. The number of nitrogens with zero attached hydrogens (tertiary/aromatic N) is 2. The zero-order valence-corrected chi connectivity index (χ0v) is 27.2. The number of hydrogen-bond acceptors (Lipinski definition) is 9. The van der Waals surface area contributed by atoms with Crippen LogP contribution >= 0.6 is 0 Å². The van der Waals surface area contributed by atoms with Crippen LogP contribution in [-0.4, -0.2) is 73.3 Å². The van der Waals surface area contributed by atoms with Crippen LogP contribution in [0.2, 0.25) is 0 Å². The fourth-order valence-corrected chi connectivity index (χ4v) is 7.07. The van der Waals surface area contributed by atoms with Crippen LogP contribution in [0.25, 0.3) is 0 Å². The van der Waals surface area contributed by atoms with Crippen molar-refractivity contribution in [1.82, 2.24) is 9.97 Å². The molecule has 258 valence electrons. The third kappa shape index (κ3) is 9.19. The maximum Gasteiger partial charge on any atom is 0.161 e. The highest BCUT2D eigenvalue weighted by molar-refractivity contribution is 5.44. The first-order valence-electron chi connectivity index (χ1n) is 17.0. The first kappa shape index (κ1) is 35.5. The van der Waals surface area contributed by atoms with Gasteiger partial charge in [-0.1, -0.05) is 55.0 Å². The molecule has 48 heavy (non-hydrogen) atoms. The number of phenolic OH excluding ortho intramolecular Hbond substituents is 1. The van der Waals surface area contributed by atoms with Crippen LogP contribution in [0.3, 0.4) is 0 Å². The molecule has 0 amide bonds. The molecule has 0 bridgehead atoms. The van der Waals surface area contributed by atoms with Gasteiger partial charge in [0, 0.05) is 36.5 Å². The number of nitrogen functional groups attached to an aromatic ring is 1. The molecule has 10 nitrogen and oxygen atoms in total. The van der Waals surface area contributed by atoms with Gasteiger partial charge in [0.15, 0.2) is 11.5 Å². The minimum absolute atomic E-state index is 0.0719. The lowest BCUT2D eigenvalue weighted by Crippen LogP contribution is -2.37. The summed E-state index contributed by atoms with van der Waals surface area (Å²) < 4.78 is 6.30. The second kappa shape index (κ2) is 17.0. The van der Waals surface area contributed by atoms with Crippen LogP contribution < -0.4 is 15.5 Å². The predicted molar refractivity (Wildman–Crippen MR) is 182 cm³/mol. The summed E-state index contributed by atoms with van der Waals surface area (Å²) in [4.78, 5) is 8.52. The van der Waals surface area contributed by atoms with Gasteiger partial charge in [0.05, 0.1) is 18.8 Å². The standard InChI is InChI=1S/C38H48N3O7/c39-37-22-28(13-16-41-37)29(18-30-5-3-15-40-30)21-36(34(47)23-43)48-35-20-27(11-12-31(35)44)26-10-9-25-8-7-24(14-17-42)4-1-2-6-32(45)38(25)33(46)19-26/h3,5,9-13,15-16,20,22,24-26,29,32-34,36,38,42-47H,1-2,4,6,14,17-19,21,23H2,(H2,39,41)/q-1. The van der Waals surface area contributed by atoms with E-state index in [1.54, 1.807) is 30.6 Å². The number of aromatic hydroxyl groups is 1. The summed E-state index contributed by atoms with van der Waals surface area (Å²) in [5.74, 6) is 5.81. The molecule has 2 aliphatic rings. The van der Waals surface area contributed by atoms with E-state index in [2.05, 4.69) is 21.8 Å². The van der Waals surface area contributed by atoms with Crippen LogP contribution in [0.1, 0.15) is 73.6 Å². The quantitative estimate of drug-likeness (QED) is 0.112. The van der Waals surface area contributed by atoms with Crippen molar-refractivity contribution in [2.45, 2.75) is 87.6 Å². The maximum absolute atomic E-state index is 11.5. The molecule has 2 aromatic heterocycles. The number of anilines is 1. The zero-order valence-electron chi connectivity index (χ0n) is 27.2. The van der Waals surface area contributed by atoms with E-state index in [1.165, 1.54) is 6.07 Å². The molecule has 3 aromatic rings. The molecule has 2 aliphatic carbocycles. The fourth-order valence-electron chi connectivity index (χ4n) is 7.07. The number of pyridine rings is 1. The van der Waals surface area contributed by atoms with Crippen LogP contribution in [0, 0.1) is 29.6 Å². The van der Waals surface area contributed by atoms with Crippen molar-refractivity contribution < 1.29 is 35.4 Å². The Hall–Kier alpha value is -3.85. The van der Waals surface area contributed by atoms with Crippen molar-refractivity contribution in [3.8, 4) is 23.3 Å². The molecule has 9 atom stereocenters. The maximum atomic E-state index is 11.5. The molecule has 0 aliphatic heterocycles. The second-order valence-electron chi connectivity index (χ2n) is 13.2. The SMILES string of the molecule is Nc1cc(C(Cc2ccc[n-]2)CC(Oc2cc(C3C=CC4C#CC(CCO)CCCCC(O)C4C(O)C3)ccc2O)C(O)CO)ccn1. The number of aliphatic hydroxyl groups excluding tert-OH is 5. The third-order valence-corrected chi connectivity index (χ3v) is 9.75. The molecule has 2 heterocycles. The molecule has 0 fully saturated rings. The Balaban J connectivity index is 1.40. The van der Waals surface area contributed by atoms with Crippen molar-refractivity contribution in [3.05, 3.63) is 83.8 Å². The van der Waals surface area contributed by atoms with E-state index in [-0.39, 0.29) is 48.2 Å². The molecule has 5 rings (SSSR count). The first-order chi connectivity index (χ1) is 23.2. The third-order valence-electron chi connectivity index (χ3n) is 9.75. The average molecular weight is 659 g/mol. The van der Waals surface area contributed by atoms with Gasteiger partial charge < -0.3 is 46.1 Å². The minimum Gasteiger partial charge on any atom is -0.668 e. The van der Waals surface area contributed by atoms with Crippen LogP contribution in [0.5, 0.6) is 11.5 Å². The Morgan fingerprint density at radius 1 is 1.02 bits per heavy atom. The van der Waals surface area contributed by atoms with E-state index < -0.39 is 36.9 Å². The number of benzene rings is 1. The molecular formula is C38H48N3O7-. The molecule has 0 saturated heterocycles. The van der Waals surface area contributed by atoms with Gasteiger partial charge in [-0.25, -0.2) is 4.98 Å². The number of hydrogen-bond donors (Lipinski definition) is 7. The van der Waals surface area contributed by atoms with E-state index >= 15 is 0 Å². The number of fused-ring (bicyclic) bond motifs is 1. The van der Waals surface area contributed by atoms with E-state index in [0.717, 1.165) is 36.1 Å². The van der Waals surface area contributed by atoms with Gasteiger partial charge in [0.1, 0.15) is 18.0 Å². The van der Waals surface area contributed by atoms with Crippen molar-refractivity contribution in [2.75, 3.05) is 18.9 Å². The summed E-state index contributed by atoms with van der Waals surface area (Å²) in [5, 5.41) is 63.9. The smallest absolute Gasteiger partial charge is 0.161 e. The van der Waals surface area contributed by atoms with Gasteiger partial charge in [0.25, 0.3) is 0 Å². The zero-order chi connectivity index (χ0) is 34.0. The van der Waals surface area contributed by atoms with Crippen molar-refractivity contribution in [3.63, 3.8) is 0 Å². The second-order valence-corrected chi connectivity index (χ2v) is 13.2. The fraction of sp³-hybridized carbons (Fsp3) is 0.500. The van der Waals surface area contributed by atoms with Crippen molar-refractivity contribution in [2.24, 2.45) is 17.8 Å². The molecule has 0 saturated carbocycles. The lowest BCUT2D eigenvalue weighted by molar-refractivity contribution is -0.00876. The molecule has 10 heteroatoms. The van der Waals surface area contributed by atoms with Crippen LogP contribution in [0.15, 0.2) is 67.0 Å². The summed E-state index contributed by atoms with van der Waals surface area (Å²) in [5.41, 5.74) is 8.51. The Bertz CT molecular complexity index is 1530. The number of aliphatic hydroxyl groups is 5. The van der Waals surface area contributed by atoms with E-state index in [9.17, 15) is 30.6 Å². The average Bonchev–Trinajstić information content (AvgIpc) is 3.53. The topological polar surface area (TPSA) is 184 Å². The Morgan fingerprint density at radius 3 is 2.60 bits per heavy atom. The number of ether oxygens (including phenoxy) is 1. The molecular weight excluding hydrogens is 610 g/mol. The number of aromatic nitrogens is 2. The highest BCUT2D eigenvalue weighted by Gasteiger charge is 2.36. The van der Waals surface area contributed by atoms with Crippen molar-refractivity contribution in [1.29, 1.82) is 0 Å². The molecule has 0 radical (unpaired) electrons. The lowest BCUT2D eigenvalue weighted by Gasteiger charge is -2.31. The summed E-state index contributed by atoms with van der Waals surface area (Å²) in [6.45, 7) is -0.476. The summed E-state index contributed by atoms with van der Waals surface area (Å²) in [6.07, 6.45) is 8.54. The number of nitrogens with two attached hydrogens (primary N) is 1. The highest BCUT2D eigenvalue weighted by atomic mass is 16.5. The normalized spacial score (nSPS) is 26.3. The van der Waals surface area contributed by atoms with Gasteiger partial charge >= 0.3 is 0 Å². The molecule has 0 spiro atoms. The van der Waals surface area contributed by atoms with Gasteiger partial charge in [-0.05, 0) is 79.8 Å². The minimum atomic E-state index is -1.25. The van der Waals surface area contributed by atoms with E-state index in [1.807, 2.05) is 30.4 Å². The Kier molecular flexibility index (Phi) is 12.6. The highest BCUT2D eigenvalue weighted by Crippen LogP contribution is 2.40. The lowest BCUT2D eigenvalue weighted by atomic mass is 9.79. The van der Waals surface area contributed by atoms with Crippen molar-refractivity contribution >= 4 is 5.82 Å². The van der Waals surface area contributed by atoms with E-state index in [0.29, 0.717) is 31.5 Å². The monoisotopic (exact) mass is 658 g/mol.